The summed E-state index contributed by atoms with van der Waals surface area (Å²) in [6.07, 6.45) is 0. The number of rotatable bonds is 4. The number of hydrogen-bond acceptors (Lipinski definition) is 4. The number of halogens is 1. The lowest BCUT2D eigenvalue weighted by Gasteiger charge is -2.37. The van der Waals surface area contributed by atoms with Gasteiger partial charge >= 0.3 is 0 Å². The number of nitrogens with one attached hydrogen (secondary N) is 2. The number of carbonyl (C=O) groups is 2. The molecule has 3 unspecified atom stereocenters. The monoisotopic (exact) mass is 412 g/mol. The molecule has 29 heavy (non-hydrogen) atoms. The van der Waals surface area contributed by atoms with Crippen molar-refractivity contribution < 1.29 is 9.59 Å². The predicted molar refractivity (Wildman–Crippen MR) is 115 cm³/mol. The summed E-state index contributed by atoms with van der Waals surface area (Å²) in [4.78, 5) is 28.4. The van der Waals surface area contributed by atoms with Crippen molar-refractivity contribution in [2.24, 2.45) is 11.8 Å². The number of carbonyl (C=O) groups excluding carboxylic acids is 2. The number of fused-ring (bicyclic) bond motifs is 1. The largest absolute Gasteiger partial charge is 0.326 e. The third-order valence-electron chi connectivity index (χ3n) is 5.83. The molecule has 7 heteroatoms. The van der Waals surface area contributed by atoms with Gasteiger partial charge in [0, 0.05) is 23.8 Å². The molecule has 2 aromatic rings. The summed E-state index contributed by atoms with van der Waals surface area (Å²) in [7, 11) is 0. The van der Waals surface area contributed by atoms with E-state index < -0.39 is 0 Å². The van der Waals surface area contributed by atoms with Crippen LogP contribution in [-0.4, -0.2) is 42.4 Å². The molecule has 2 saturated heterocycles. The fourth-order valence-corrected chi connectivity index (χ4v) is 4.30. The predicted octanol–water partition coefficient (Wildman–Crippen LogP) is 3.07. The zero-order chi connectivity index (χ0) is 20.5. The van der Waals surface area contributed by atoms with Crippen LogP contribution in [0.1, 0.15) is 12.5 Å². The maximum absolute atomic E-state index is 13.2. The van der Waals surface area contributed by atoms with E-state index >= 15 is 0 Å². The first-order chi connectivity index (χ1) is 14.0. The number of hydrogen-bond donors (Lipinski definition) is 2. The number of piperidine rings is 1. The van der Waals surface area contributed by atoms with E-state index in [2.05, 4.69) is 22.6 Å². The van der Waals surface area contributed by atoms with E-state index in [1.165, 1.54) is 0 Å². The molecule has 0 bridgehead atoms. The fourth-order valence-electron chi connectivity index (χ4n) is 4.12. The molecule has 3 atom stereocenters. The average molecular weight is 413 g/mol. The van der Waals surface area contributed by atoms with Crippen LogP contribution < -0.4 is 15.8 Å². The number of para-hydroxylation sites is 1. The number of hydrazine groups is 1. The Morgan fingerprint density at radius 3 is 2.66 bits per heavy atom. The Morgan fingerprint density at radius 1 is 1.21 bits per heavy atom. The number of aryl methyl sites for hydroxylation is 1. The smallest absolute Gasteiger partial charge is 0.247 e. The first-order valence-electron chi connectivity index (χ1n) is 9.92. The Morgan fingerprint density at radius 2 is 1.97 bits per heavy atom. The summed E-state index contributed by atoms with van der Waals surface area (Å²) in [5, 5.41) is 5.20. The minimum Gasteiger partial charge on any atom is -0.326 e. The van der Waals surface area contributed by atoms with Crippen LogP contribution in [0.3, 0.4) is 0 Å². The average Bonchev–Trinajstić information content (AvgIpc) is 3.07. The SMILES string of the molecule is CCN1CC(C(=O)Nc2ccc(C)c(Cl)c2)C2NN(c3ccccc3)C(=O)C2C1. The fraction of sp³-hybridized carbons (Fsp3) is 0.364. The molecule has 0 aliphatic carbocycles. The highest BCUT2D eigenvalue weighted by Gasteiger charge is 2.50. The molecule has 2 aliphatic heterocycles. The maximum atomic E-state index is 13.2. The van der Waals surface area contributed by atoms with Gasteiger partial charge in [0.25, 0.3) is 0 Å². The molecular weight excluding hydrogens is 388 g/mol. The van der Waals surface area contributed by atoms with Crippen molar-refractivity contribution in [3.63, 3.8) is 0 Å². The molecule has 6 nitrogen and oxygen atoms in total. The molecule has 0 spiro atoms. The van der Waals surface area contributed by atoms with Crippen molar-refractivity contribution >= 4 is 34.8 Å². The Balaban J connectivity index is 1.57. The minimum atomic E-state index is -0.355. The van der Waals surface area contributed by atoms with Gasteiger partial charge in [-0.2, -0.15) is 0 Å². The lowest BCUT2D eigenvalue weighted by atomic mass is 9.84. The summed E-state index contributed by atoms with van der Waals surface area (Å²) in [5.41, 5.74) is 5.73. The Bertz CT molecular complexity index is 920. The van der Waals surface area contributed by atoms with Crippen LogP contribution in [0, 0.1) is 18.8 Å². The number of likely N-dealkylation sites (tertiary alicyclic amines) is 1. The van der Waals surface area contributed by atoms with Gasteiger partial charge in [-0.15, -0.1) is 0 Å². The first-order valence-corrected chi connectivity index (χ1v) is 10.3. The van der Waals surface area contributed by atoms with E-state index in [0.29, 0.717) is 23.8 Å². The molecular formula is C22H25ClN4O2. The summed E-state index contributed by atoms with van der Waals surface area (Å²) >= 11 is 6.20. The van der Waals surface area contributed by atoms with Crippen molar-refractivity contribution in [2.45, 2.75) is 19.9 Å². The van der Waals surface area contributed by atoms with Crippen molar-refractivity contribution in [2.75, 3.05) is 30.0 Å². The van der Waals surface area contributed by atoms with Gasteiger partial charge in [-0.1, -0.05) is 42.8 Å². The zero-order valence-electron chi connectivity index (χ0n) is 16.6. The lowest BCUT2D eigenvalue weighted by Crippen LogP contribution is -2.55. The van der Waals surface area contributed by atoms with Gasteiger partial charge in [0.1, 0.15) is 0 Å². The van der Waals surface area contributed by atoms with E-state index in [9.17, 15) is 9.59 Å². The van der Waals surface area contributed by atoms with E-state index in [4.69, 9.17) is 11.6 Å². The van der Waals surface area contributed by atoms with E-state index in [1.807, 2.05) is 49.4 Å². The second-order valence-electron chi connectivity index (χ2n) is 7.68. The van der Waals surface area contributed by atoms with Crippen molar-refractivity contribution in [1.82, 2.24) is 10.3 Å². The van der Waals surface area contributed by atoms with Crippen molar-refractivity contribution in [1.29, 1.82) is 0 Å². The third kappa shape index (κ3) is 3.88. The molecule has 0 radical (unpaired) electrons. The van der Waals surface area contributed by atoms with Crippen LogP contribution in [-0.2, 0) is 9.59 Å². The van der Waals surface area contributed by atoms with Crippen LogP contribution in [0.4, 0.5) is 11.4 Å². The van der Waals surface area contributed by atoms with Gasteiger partial charge in [-0.05, 0) is 43.3 Å². The van der Waals surface area contributed by atoms with E-state index in [1.54, 1.807) is 11.1 Å². The highest BCUT2D eigenvalue weighted by Crippen LogP contribution is 2.32. The Hall–Kier alpha value is -2.41. The standard InChI is InChI=1S/C22H25ClN4O2/c1-3-26-12-17(21(28)24-15-10-9-14(2)19(23)11-15)20-18(13-26)22(29)27(25-20)16-7-5-4-6-8-16/h4-11,17-18,20,25H,3,12-13H2,1-2H3,(H,24,28). The molecule has 2 amide bonds. The molecule has 4 rings (SSSR count). The molecule has 0 aromatic heterocycles. The zero-order valence-corrected chi connectivity index (χ0v) is 17.3. The molecule has 2 fully saturated rings. The van der Waals surface area contributed by atoms with Gasteiger partial charge in [-0.3, -0.25) is 9.59 Å². The molecule has 2 aliphatic rings. The lowest BCUT2D eigenvalue weighted by molar-refractivity contribution is -0.126. The second-order valence-corrected chi connectivity index (χ2v) is 8.09. The third-order valence-corrected chi connectivity index (χ3v) is 6.24. The number of anilines is 2. The quantitative estimate of drug-likeness (QED) is 0.810. The number of benzene rings is 2. The van der Waals surface area contributed by atoms with Gasteiger partial charge in [0.2, 0.25) is 11.8 Å². The summed E-state index contributed by atoms with van der Waals surface area (Å²) in [6.45, 7) is 6.02. The maximum Gasteiger partial charge on any atom is 0.247 e. The van der Waals surface area contributed by atoms with Crippen LogP contribution in [0.15, 0.2) is 48.5 Å². The Kier molecular flexibility index (Phi) is 5.58. The number of amides is 2. The second kappa shape index (κ2) is 8.14. The van der Waals surface area contributed by atoms with Crippen LogP contribution in [0.5, 0.6) is 0 Å². The van der Waals surface area contributed by atoms with Crippen LogP contribution in [0.25, 0.3) is 0 Å². The van der Waals surface area contributed by atoms with Gasteiger partial charge in [0.05, 0.1) is 23.6 Å². The number of nitrogens with zero attached hydrogens (tertiary/aromatic N) is 2. The van der Waals surface area contributed by atoms with Gasteiger partial charge in [-0.25, -0.2) is 10.4 Å². The topological polar surface area (TPSA) is 64.7 Å². The normalized spacial score (nSPS) is 24.4. The van der Waals surface area contributed by atoms with Crippen LogP contribution >= 0.6 is 11.6 Å². The molecule has 2 heterocycles. The van der Waals surface area contributed by atoms with E-state index in [0.717, 1.165) is 17.8 Å². The highest BCUT2D eigenvalue weighted by atomic mass is 35.5. The molecule has 0 saturated carbocycles. The summed E-state index contributed by atoms with van der Waals surface area (Å²) < 4.78 is 0. The van der Waals surface area contributed by atoms with Crippen molar-refractivity contribution in [3.05, 3.63) is 59.1 Å². The highest BCUT2D eigenvalue weighted by molar-refractivity contribution is 6.31. The van der Waals surface area contributed by atoms with E-state index in [-0.39, 0.29) is 29.7 Å². The van der Waals surface area contributed by atoms with Gasteiger partial charge < -0.3 is 10.2 Å². The molecule has 152 valence electrons. The molecule has 2 aromatic carbocycles. The van der Waals surface area contributed by atoms with Gasteiger partial charge in [0.15, 0.2) is 0 Å². The summed E-state index contributed by atoms with van der Waals surface area (Å²) in [6, 6.07) is 14.7. The van der Waals surface area contributed by atoms with Crippen LogP contribution in [0.2, 0.25) is 5.02 Å². The summed E-state index contributed by atoms with van der Waals surface area (Å²) in [5.74, 6) is -0.712. The molecule has 2 N–H and O–H groups in total. The van der Waals surface area contributed by atoms with Crippen molar-refractivity contribution in [3.8, 4) is 0 Å². The minimum absolute atomic E-state index is 0.00975. The Labute approximate surface area is 175 Å². The first kappa shape index (κ1) is 19.9.